The first-order chi connectivity index (χ1) is 19.3. The van der Waals surface area contributed by atoms with Crippen LogP contribution in [-0.4, -0.2) is 23.9 Å². The zero-order valence-electron chi connectivity index (χ0n) is 23.1. The molecule has 1 amide bonds. The Bertz CT molecular complexity index is 1620. The second kappa shape index (κ2) is 9.83. The fourth-order valence-electron chi connectivity index (χ4n) is 5.51. The van der Waals surface area contributed by atoms with E-state index < -0.39 is 5.41 Å². The Morgan fingerprint density at radius 1 is 1.10 bits per heavy atom. The molecule has 0 bridgehead atoms. The number of carbonyl (C=O) groups excluding carboxylic acids is 1. The van der Waals surface area contributed by atoms with Gasteiger partial charge in [0.15, 0.2) is 5.82 Å². The predicted octanol–water partition coefficient (Wildman–Crippen LogP) is 6.30. The van der Waals surface area contributed by atoms with E-state index in [4.69, 9.17) is 14.4 Å². The highest BCUT2D eigenvalue weighted by atomic mass is 16.5. The highest BCUT2D eigenvalue weighted by molar-refractivity contribution is 6.13. The van der Waals surface area contributed by atoms with Crippen molar-refractivity contribution >= 4 is 23.0 Å². The van der Waals surface area contributed by atoms with Crippen LogP contribution in [0.15, 0.2) is 106 Å². The summed E-state index contributed by atoms with van der Waals surface area (Å²) in [7, 11) is 1.69. The molecule has 2 aromatic carbocycles. The van der Waals surface area contributed by atoms with Gasteiger partial charge in [-0.2, -0.15) is 5.10 Å². The maximum absolute atomic E-state index is 12.7. The fourth-order valence-corrected chi connectivity index (χ4v) is 5.51. The van der Waals surface area contributed by atoms with Crippen molar-refractivity contribution in [1.29, 1.82) is 0 Å². The number of methoxy groups -OCH3 is 1. The van der Waals surface area contributed by atoms with Crippen molar-refractivity contribution in [3.8, 4) is 5.75 Å². The summed E-state index contributed by atoms with van der Waals surface area (Å²) in [6, 6.07) is 17.9. The van der Waals surface area contributed by atoms with Crippen LogP contribution >= 0.6 is 0 Å². The normalized spacial score (nSPS) is 21.0. The predicted molar refractivity (Wildman–Crippen MR) is 157 cm³/mol. The summed E-state index contributed by atoms with van der Waals surface area (Å²) in [4.78, 5) is 12.7. The third-order valence-corrected chi connectivity index (χ3v) is 7.63. The lowest BCUT2D eigenvalue weighted by molar-refractivity contribution is -0.115. The van der Waals surface area contributed by atoms with Gasteiger partial charge in [-0.25, -0.2) is 0 Å². The number of para-hydroxylation sites is 1. The van der Waals surface area contributed by atoms with E-state index in [0.29, 0.717) is 5.82 Å². The van der Waals surface area contributed by atoms with Gasteiger partial charge in [0.05, 0.1) is 30.7 Å². The number of benzene rings is 2. The fraction of sp³-hybridized carbons (Fsp3) is 0.242. The molecule has 2 N–H and O–H groups in total. The van der Waals surface area contributed by atoms with E-state index >= 15 is 0 Å². The molecule has 2 heterocycles. The van der Waals surface area contributed by atoms with Gasteiger partial charge in [0, 0.05) is 17.0 Å². The van der Waals surface area contributed by atoms with Crippen molar-refractivity contribution in [3.05, 3.63) is 119 Å². The van der Waals surface area contributed by atoms with Crippen molar-refractivity contribution in [3.63, 3.8) is 0 Å². The average Bonchev–Trinajstić information content (AvgIpc) is 3.57. The number of carbonyl (C=O) groups is 1. The number of allylic oxidation sites excluding steroid dienone is 6. The lowest BCUT2D eigenvalue weighted by atomic mass is 9.64. The van der Waals surface area contributed by atoms with Gasteiger partial charge in [0.25, 0.3) is 0 Å². The van der Waals surface area contributed by atoms with Crippen LogP contribution in [0.25, 0.3) is 5.57 Å². The van der Waals surface area contributed by atoms with Crippen LogP contribution < -0.4 is 15.5 Å². The van der Waals surface area contributed by atoms with Crippen LogP contribution in [0.1, 0.15) is 49.3 Å². The summed E-state index contributed by atoms with van der Waals surface area (Å²) in [5.74, 6) is 1.84. The maximum atomic E-state index is 12.7. The van der Waals surface area contributed by atoms with Gasteiger partial charge in [-0.05, 0) is 40.5 Å². The third-order valence-electron chi connectivity index (χ3n) is 7.63. The monoisotopic (exact) mass is 532 g/mol. The molecule has 6 rings (SSSR count). The molecule has 40 heavy (non-hydrogen) atoms. The topological polar surface area (TPSA) is 88.8 Å². The first-order valence-corrected chi connectivity index (χ1v) is 13.4. The smallest absolute Gasteiger partial charge is 0.230 e. The Morgan fingerprint density at radius 2 is 1.90 bits per heavy atom. The van der Waals surface area contributed by atoms with E-state index in [9.17, 15) is 4.79 Å². The van der Waals surface area contributed by atoms with E-state index in [-0.39, 0.29) is 23.8 Å². The Morgan fingerprint density at radius 3 is 2.65 bits per heavy atom. The minimum atomic E-state index is -0.420. The Labute approximate surface area is 234 Å². The molecule has 0 saturated heterocycles. The molecule has 1 spiro atoms. The van der Waals surface area contributed by atoms with Gasteiger partial charge in [-0.1, -0.05) is 92.7 Å². The molecule has 3 aliphatic rings. The van der Waals surface area contributed by atoms with Crippen molar-refractivity contribution in [2.75, 3.05) is 12.4 Å². The lowest BCUT2D eigenvalue weighted by Gasteiger charge is -2.38. The van der Waals surface area contributed by atoms with E-state index in [0.717, 1.165) is 45.1 Å². The van der Waals surface area contributed by atoms with Crippen LogP contribution in [0.5, 0.6) is 5.75 Å². The van der Waals surface area contributed by atoms with E-state index in [1.807, 2.05) is 51.1 Å². The van der Waals surface area contributed by atoms with Crippen molar-refractivity contribution in [2.24, 2.45) is 10.5 Å². The lowest BCUT2D eigenvalue weighted by Crippen LogP contribution is -2.37. The molecule has 0 radical (unpaired) electrons. The standard InChI is InChI=1S/C33H32N4O3/c1-32(2,3)28-20-29(37-40-28)34-30(38)17-21-12-14-22(15-13-21)31-33-16-8-7-9-24(33)18-23(19-27(33)35-36-31)25-10-5-6-11-26(25)39-4/h5-16,18-20,31,36H,17H2,1-4H3,(H,34,37,38). The van der Waals surface area contributed by atoms with E-state index in [1.165, 1.54) is 0 Å². The third kappa shape index (κ3) is 4.47. The number of amides is 1. The molecule has 7 nitrogen and oxygen atoms in total. The molecule has 0 fully saturated rings. The van der Waals surface area contributed by atoms with Gasteiger partial charge >= 0.3 is 0 Å². The number of ether oxygens (including phenoxy) is 1. The number of rotatable bonds is 6. The van der Waals surface area contributed by atoms with Gasteiger partial charge in [-0.3, -0.25) is 4.79 Å². The zero-order chi connectivity index (χ0) is 27.9. The molecular formula is C33H32N4O3. The second-order valence-corrected chi connectivity index (χ2v) is 11.3. The average molecular weight is 533 g/mol. The number of nitrogens with zero attached hydrogens (tertiary/aromatic N) is 2. The van der Waals surface area contributed by atoms with Gasteiger partial charge in [-0.15, -0.1) is 0 Å². The molecule has 2 atom stereocenters. The van der Waals surface area contributed by atoms with Crippen molar-refractivity contribution in [2.45, 2.75) is 38.6 Å². The molecule has 7 heteroatoms. The largest absolute Gasteiger partial charge is 0.496 e. The first-order valence-electron chi connectivity index (χ1n) is 13.4. The number of hydrogen-bond acceptors (Lipinski definition) is 6. The summed E-state index contributed by atoms with van der Waals surface area (Å²) >= 11 is 0. The first kappa shape index (κ1) is 25.6. The molecule has 1 aliphatic heterocycles. The number of hydrogen-bond donors (Lipinski definition) is 2. The van der Waals surface area contributed by atoms with E-state index in [1.54, 1.807) is 13.2 Å². The zero-order valence-corrected chi connectivity index (χ0v) is 23.1. The van der Waals surface area contributed by atoms with Crippen LogP contribution in [0.4, 0.5) is 5.82 Å². The molecular weight excluding hydrogens is 500 g/mol. The summed E-state index contributed by atoms with van der Waals surface area (Å²) in [5.41, 5.74) is 9.03. The van der Waals surface area contributed by atoms with Gasteiger partial charge < -0.3 is 20.0 Å². The summed E-state index contributed by atoms with van der Waals surface area (Å²) in [6.45, 7) is 6.11. The highest BCUT2D eigenvalue weighted by Crippen LogP contribution is 2.52. The van der Waals surface area contributed by atoms with Gasteiger partial charge in [0.2, 0.25) is 5.91 Å². The van der Waals surface area contributed by atoms with E-state index in [2.05, 4.69) is 70.6 Å². The molecule has 2 aliphatic carbocycles. The molecule has 202 valence electrons. The van der Waals surface area contributed by atoms with Crippen molar-refractivity contribution in [1.82, 2.24) is 10.6 Å². The molecule has 2 unspecified atom stereocenters. The van der Waals surface area contributed by atoms with Crippen LogP contribution in [0, 0.1) is 5.41 Å². The van der Waals surface area contributed by atoms with Gasteiger partial charge in [0.1, 0.15) is 11.5 Å². The summed E-state index contributed by atoms with van der Waals surface area (Å²) < 4.78 is 11.0. The highest BCUT2D eigenvalue weighted by Gasteiger charge is 2.50. The Kier molecular flexibility index (Phi) is 6.29. The number of aromatic nitrogens is 1. The van der Waals surface area contributed by atoms with Crippen LogP contribution in [0.2, 0.25) is 0 Å². The number of hydrazone groups is 1. The quantitative estimate of drug-likeness (QED) is 0.389. The van der Waals surface area contributed by atoms with Crippen molar-refractivity contribution < 1.29 is 14.1 Å². The Hall–Kier alpha value is -4.65. The summed E-state index contributed by atoms with van der Waals surface area (Å²) in [5, 5.41) is 11.6. The molecule has 3 aromatic rings. The van der Waals surface area contributed by atoms with Crippen LogP contribution in [0.3, 0.4) is 0 Å². The minimum Gasteiger partial charge on any atom is -0.496 e. The molecule has 1 aromatic heterocycles. The number of anilines is 1. The Balaban J connectivity index is 1.21. The van der Waals surface area contributed by atoms with Crippen LogP contribution in [-0.2, 0) is 16.6 Å². The number of nitrogens with one attached hydrogen (secondary N) is 2. The summed E-state index contributed by atoms with van der Waals surface area (Å²) in [6.07, 6.45) is 13.1. The second-order valence-electron chi connectivity index (χ2n) is 11.3. The maximum Gasteiger partial charge on any atom is 0.230 e. The SMILES string of the molecule is COc1ccccc1C1=CC2=NNC(c3ccc(CC(=O)Nc4cc(C(C)(C)C)on4)cc3)C23C=CC=CC3=C1. The molecule has 0 saturated carbocycles. The minimum absolute atomic E-state index is 0.0840.